The van der Waals surface area contributed by atoms with Gasteiger partial charge in [0.2, 0.25) is 5.91 Å². The van der Waals surface area contributed by atoms with Crippen LogP contribution in [0.5, 0.6) is 0 Å². The van der Waals surface area contributed by atoms with Crippen molar-refractivity contribution in [2.75, 3.05) is 32.7 Å². The zero-order valence-corrected chi connectivity index (χ0v) is 14.3. The number of hydrogen-bond acceptors (Lipinski definition) is 4. The fourth-order valence-electron chi connectivity index (χ4n) is 2.83. The van der Waals surface area contributed by atoms with Crippen LogP contribution in [0.25, 0.3) is 0 Å². The highest BCUT2D eigenvalue weighted by molar-refractivity contribution is 6.31. The molecule has 3 rings (SSSR count). The number of carbonyl (C=O) groups excluding carboxylic acids is 1. The maximum Gasteiger partial charge on any atom is 0.234 e. The SMILES string of the molecule is O=C(CN1CCN(Cc2ccccc2Cl)CC1)NCc1ccco1. The van der Waals surface area contributed by atoms with E-state index >= 15 is 0 Å². The maximum atomic E-state index is 12.0. The van der Waals surface area contributed by atoms with Crippen molar-refractivity contribution in [3.63, 3.8) is 0 Å². The summed E-state index contributed by atoms with van der Waals surface area (Å²) in [5.41, 5.74) is 1.16. The Balaban J connectivity index is 1.39. The molecule has 0 bridgehead atoms. The predicted molar refractivity (Wildman–Crippen MR) is 93.7 cm³/mol. The first kappa shape index (κ1) is 17.0. The molecule has 0 radical (unpaired) electrons. The fourth-order valence-corrected chi connectivity index (χ4v) is 3.03. The van der Waals surface area contributed by atoms with E-state index in [1.165, 1.54) is 0 Å². The molecular weight excluding hydrogens is 326 g/mol. The number of nitrogens with zero attached hydrogens (tertiary/aromatic N) is 2. The molecule has 6 heteroatoms. The molecule has 1 aromatic carbocycles. The Morgan fingerprint density at radius 2 is 1.83 bits per heavy atom. The summed E-state index contributed by atoms with van der Waals surface area (Å²) >= 11 is 6.22. The van der Waals surface area contributed by atoms with Gasteiger partial charge in [-0.05, 0) is 23.8 Å². The summed E-state index contributed by atoms with van der Waals surface area (Å²) in [6.07, 6.45) is 1.61. The number of furan rings is 1. The molecular formula is C18H22ClN3O2. The van der Waals surface area contributed by atoms with Crippen LogP contribution in [0, 0.1) is 0 Å². The molecule has 1 N–H and O–H groups in total. The van der Waals surface area contributed by atoms with Crippen molar-refractivity contribution < 1.29 is 9.21 Å². The first-order valence-electron chi connectivity index (χ1n) is 8.18. The van der Waals surface area contributed by atoms with Crippen molar-refractivity contribution in [3.05, 3.63) is 59.0 Å². The summed E-state index contributed by atoms with van der Waals surface area (Å²) < 4.78 is 5.21. The molecule has 0 spiro atoms. The summed E-state index contributed by atoms with van der Waals surface area (Å²) in [6.45, 7) is 5.39. The zero-order chi connectivity index (χ0) is 16.8. The Bertz CT molecular complexity index is 652. The van der Waals surface area contributed by atoms with Gasteiger partial charge in [-0.25, -0.2) is 0 Å². The number of piperazine rings is 1. The van der Waals surface area contributed by atoms with Crippen LogP contribution >= 0.6 is 11.6 Å². The van der Waals surface area contributed by atoms with E-state index in [1.807, 2.05) is 30.3 Å². The average molecular weight is 348 g/mol. The van der Waals surface area contributed by atoms with Crippen molar-refractivity contribution in [2.45, 2.75) is 13.1 Å². The van der Waals surface area contributed by atoms with E-state index in [0.717, 1.165) is 49.1 Å². The molecule has 2 aromatic rings. The molecule has 0 atom stereocenters. The van der Waals surface area contributed by atoms with Crippen molar-refractivity contribution in [1.29, 1.82) is 0 Å². The molecule has 0 saturated carbocycles. The normalized spacial score (nSPS) is 16.2. The largest absolute Gasteiger partial charge is 0.467 e. The minimum Gasteiger partial charge on any atom is -0.467 e. The lowest BCUT2D eigenvalue weighted by Crippen LogP contribution is -2.49. The monoisotopic (exact) mass is 347 g/mol. The highest BCUT2D eigenvalue weighted by Crippen LogP contribution is 2.17. The number of amides is 1. The van der Waals surface area contributed by atoms with Gasteiger partial charge in [-0.15, -0.1) is 0 Å². The van der Waals surface area contributed by atoms with Crippen LogP contribution < -0.4 is 5.32 Å². The molecule has 24 heavy (non-hydrogen) atoms. The Labute approximate surface area is 147 Å². The second kappa shape index (κ2) is 8.33. The summed E-state index contributed by atoms with van der Waals surface area (Å²) in [4.78, 5) is 16.6. The Kier molecular flexibility index (Phi) is 5.91. The molecule has 1 aromatic heterocycles. The predicted octanol–water partition coefficient (Wildman–Crippen LogP) is 2.37. The first-order chi connectivity index (χ1) is 11.7. The lowest BCUT2D eigenvalue weighted by molar-refractivity contribution is -0.122. The van der Waals surface area contributed by atoms with Gasteiger partial charge >= 0.3 is 0 Å². The molecule has 1 fully saturated rings. The van der Waals surface area contributed by atoms with Crippen LogP contribution in [-0.4, -0.2) is 48.4 Å². The summed E-state index contributed by atoms with van der Waals surface area (Å²) in [6, 6.07) is 11.6. The van der Waals surface area contributed by atoms with Gasteiger partial charge in [-0.1, -0.05) is 29.8 Å². The number of carbonyl (C=O) groups is 1. The second-order valence-corrected chi connectivity index (χ2v) is 6.41. The summed E-state index contributed by atoms with van der Waals surface area (Å²) in [5, 5.41) is 3.70. The number of benzene rings is 1. The van der Waals surface area contributed by atoms with Gasteiger partial charge in [0.25, 0.3) is 0 Å². The number of halogens is 1. The van der Waals surface area contributed by atoms with Crippen LogP contribution in [0.15, 0.2) is 47.1 Å². The van der Waals surface area contributed by atoms with Crippen molar-refractivity contribution in [1.82, 2.24) is 15.1 Å². The fraction of sp³-hybridized carbons (Fsp3) is 0.389. The van der Waals surface area contributed by atoms with E-state index in [4.69, 9.17) is 16.0 Å². The second-order valence-electron chi connectivity index (χ2n) is 6.00. The molecule has 1 amide bonds. The van der Waals surface area contributed by atoms with Crippen molar-refractivity contribution >= 4 is 17.5 Å². The average Bonchev–Trinajstić information content (AvgIpc) is 3.10. The number of nitrogens with one attached hydrogen (secondary N) is 1. The molecule has 0 unspecified atom stereocenters. The molecule has 1 saturated heterocycles. The van der Waals surface area contributed by atoms with Crippen LogP contribution in [0.4, 0.5) is 0 Å². The quantitative estimate of drug-likeness (QED) is 0.871. The van der Waals surface area contributed by atoms with Crippen molar-refractivity contribution in [3.8, 4) is 0 Å². The van der Waals surface area contributed by atoms with Crippen LogP contribution in [-0.2, 0) is 17.9 Å². The minimum atomic E-state index is 0.0333. The Morgan fingerprint density at radius 3 is 2.54 bits per heavy atom. The van der Waals surface area contributed by atoms with E-state index in [0.29, 0.717) is 13.1 Å². The highest BCUT2D eigenvalue weighted by atomic mass is 35.5. The van der Waals surface area contributed by atoms with Crippen LogP contribution in [0.3, 0.4) is 0 Å². The third-order valence-electron chi connectivity index (χ3n) is 4.22. The van der Waals surface area contributed by atoms with E-state index < -0.39 is 0 Å². The Hall–Kier alpha value is -1.82. The lowest BCUT2D eigenvalue weighted by atomic mass is 10.2. The third kappa shape index (κ3) is 4.84. The Morgan fingerprint density at radius 1 is 1.08 bits per heavy atom. The topological polar surface area (TPSA) is 48.7 Å². The van der Waals surface area contributed by atoms with Gasteiger partial charge in [-0.3, -0.25) is 14.6 Å². The van der Waals surface area contributed by atoms with Crippen LogP contribution in [0.1, 0.15) is 11.3 Å². The van der Waals surface area contributed by atoms with E-state index in [-0.39, 0.29) is 5.91 Å². The lowest BCUT2D eigenvalue weighted by Gasteiger charge is -2.34. The van der Waals surface area contributed by atoms with Gasteiger partial charge < -0.3 is 9.73 Å². The molecule has 5 nitrogen and oxygen atoms in total. The standard InChI is InChI=1S/C18H22ClN3O2/c19-17-6-2-1-4-15(17)13-21-7-9-22(10-8-21)14-18(23)20-12-16-5-3-11-24-16/h1-6,11H,7-10,12-14H2,(H,20,23). The zero-order valence-electron chi connectivity index (χ0n) is 13.6. The van der Waals surface area contributed by atoms with Gasteiger partial charge in [-0.2, -0.15) is 0 Å². The van der Waals surface area contributed by atoms with Crippen LogP contribution in [0.2, 0.25) is 5.02 Å². The smallest absolute Gasteiger partial charge is 0.234 e. The summed E-state index contributed by atoms with van der Waals surface area (Å²) in [7, 11) is 0. The molecule has 1 aliphatic rings. The molecule has 0 aliphatic carbocycles. The molecule has 128 valence electrons. The molecule has 2 heterocycles. The highest BCUT2D eigenvalue weighted by Gasteiger charge is 2.19. The maximum absolute atomic E-state index is 12.0. The van der Waals surface area contributed by atoms with Crippen molar-refractivity contribution in [2.24, 2.45) is 0 Å². The first-order valence-corrected chi connectivity index (χ1v) is 8.56. The van der Waals surface area contributed by atoms with E-state index in [9.17, 15) is 4.79 Å². The van der Waals surface area contributed by atoms with E-state index in [2.05, 4.69) is 21.2 Å². The summed E-state index contributed by atoms with van der Waals surface area (Å²) in [5.74, 6) is 0.805. The van der Waals surface area contributed by atoms with Gasteiger partial charge in [0, 0.05) is 37.7 Å². The number of hydrogen-bond donors (Lipinski definition) is 1. The minimum absolute atomic E-state index is 0.0333. The van der Waals surface area contributed by atoms with E-state index in [1.54, 1.807) is 6.26 Å². The third-order valence-corrected chi connectivity index (χ3v) is 4.59. The van der Waals surface area contributed by atoms with Gasteiger partial charge in [0.05, 0.1) is 19.4 Å². The van der Waals surface area contributed by atoms with Gasteiger partial charge in [0.1, 0.15) is 5.76 Å². The van der Waals surface area contributed by atoms with Gasteiger partial charge in [0.15, 0.2) is 0 Å². The molecule has 1 aliphatic heterocycles. The number of rotatable bonds is 6.